The van der Waals surface area contributed by atoms with Crippen molar-refractivity contribution >= 4 is 27.6 Å². The van der Waals surface area contributed by atoms with Crippen LogP contribution in [0, 0.1) is 0 Å². The molecule has 0 spiro atoms. The zero-order valence-corrected chi connectivity index (χ0v) is 14.9. The fourth-order valence-electron chi connectivity index (χ4n) is 2.05. The van der Waals surface area contributed by atoms with Crippen LogP contribution < -0.4 is 14.8 Å². The molecule has 0 aliphatic heterocycles. The highest BCUT2D eigenvalue weighted by atomic mass is 79.9. The molecule has 5 nitrogen and oxygen atoms in total. The minimum atomic E-state index is -0.212. The summed E-state index contributed by atoms with van der Waals surface area (Å²) in [6.07, 6.45) is 0. The summed E-state index contributed by atoms with van der Waals surface area (Å²) in [6, 6.07) is 12.9. The van der Waals surface area contributed by atoms with E-state index in [0.29, 0.717) is 23.7 Å². The lowest BCUT2D eigenvalue weighted by atomic mass is 10.2. The summed E-state index contributed by atoms with van der Waals surface area (Å²) in [5.74, 6) is 1.22. The predicted molar refractivity (Wildman–Crippen MR) is 94.2 cm³/mol. The molecule has 0 unspecified atom stereocenters. The van der Waals surface area contributed by atoms with Crippen LogP contribution in [0.2, 0.25) is 0 Å². The van der Waals surface area contributed by atoms with Gasteiger partial charge in [-0.15, -0.1) is 0 Å². The molecular weight excluding hydrogens is 360 g/mol. The molecule has 0 radical (unpaired) electrons. The van der Waals surface area contributed by atoms with Crippen LogP contribution in [0.3, 0.4) is 0 Å². The average Bonchev–Trinajstić information content (AvgIpc) is 2.57. The molecule has 0 aromatic heterocycles. The number of carbonyl (C=O) groups excluding carboxylic acids is 1. The maximum atomic E-state index is 12.3. The number of rotatable bonds is 5. The Morgan fingerprint density at radius 1 is 1.13 bits per heavy atom. The maximum absolute atomic E-state index is 12.3. The minimum absolute atomic E-state index is 0.212. The first-order chi connectivity index (χ1) is 11.0. The van der Waals surface area contributed by atoms with Gasteiger partial charge in [0.2, 0.25) is 0 Å². The van der Waals surface area contributed by atoms with Crippen LogP contribution in [-0.4, -0.2) is 32.2 Å². The second-order valence-electron chi connectivity index (χ2n) is 4.98. The molecule has 2 rings (SSSR count). The molecule has 0 atom stereocenters. The molecule has 0 bridgehead atoms. The molecule has 0 saturated carbocycles. The summed E-state index contributed by atoms with van der Waals surface area (Å²) in [5.41, 5.74) is 1.65. The van der Waals surface area contributed by atoms with Crippen molar-refractivity contribution in [2.24, 2.45) is 0 Å². The largest absolute Gasteiger partial charge is 0.497 e. The van der Waals surface area contributed by atoms with Crippen LogP contribution in [0.15, 0.2) is 46.9 Å². The van der Waals surface area contributed by atoms with E-state index in [4.69, 9.17) is 9.47 Å². The van der Waals surface area contributed by atoms with E-state index < -0.39 is 0 Å². The number of ether oxygens (including phenoxy) is 2. The van der Waals surface area contributed by atoms with Crippen LogP contribution in [0.25, 0.3) is 0 Å². The Hall–Kier alpha value is -2.21. The third-order valence-electron chi connectivity index (χ3n) is 3.33. The average molecular weight is 379 g/mol. The molecule has 0 saturated heterocycles. The highest BCUT2D eigenvalue weighted by Gasteiger charge is 2.13. The van der Waals surface area contributed by atoms with E-state index in [2.05, 4.69) is 21.2 Å². The van der Waals surface area contributed by atoms with Crippen molar-refractivity contribution in [1.29, 1.82) is 0 Å². The van der Waals surface area contributed by atoms with Gasteiger partial charge in [-0.25, -0.2) is 4.79 Å². The lowest BCUT2D eigenvalue weighted by Gasteiger charge is -2.19. The lowest BCUT2D eigenvalue weighted by Crippen LogP contribution is -2.30. The SMILES string of the molecule is COc1ccc(NC(=O)N(C)Cc2ccc(Br)cc2)c(OC)c1. The number of hydrogen-bond acceptors (Lipinski definition) is 3. The molecule has 122 valence electrons. The Bertz CT molecular complexity index is 674. The smallest absolute Gasteiger partial charge is 0.321 e. The molecule has 2 aromatic carbocycles. The number of halogens is 1. The first-order valence-electron chi connectivity index (χ1n) is 7.02. The van der Waals surface area contributed by atoms with Gasteiger partial charge in [0.1, 0.15) is 11.5 Å². The van der Waals surface area contributed by atoms with Crippen LogP contribution in [0.1, 0.15) is 5.56 Å². The number of anilines is 1. The third kappa shape index (κ3) is 4.63. The summed E-state index contributed by atoms with van der Waals surface area (Å²) >= 11 is 3.40. The molecule has 0 aliphatic rings. The van der Waals surface area contributed by atoms with Crippen molar-refractivity contribution in [2.45, 2.75) is 6.54 Å². The van der Waals surface area contributed by atoms with Crippen LogP contribution in [0.5, 0.6) is 11.5 Å². The summed E-state index contributed by atoms with van der Waals surface area (Å²) in [4.78, 5) is 13.9. The van der Waals surface area contributed by atoms with E-state index in [1.165, 1.54) is 0 Å². The zero-order chi connectivity index (χ0) is 16.8. The number of nitrogens with zero attached hydrogens (tertiary/aromatic N) is 1. The van der Waals surface area contributed by atoms with Gasteiger partial charge in [0, 0.05) is 24.1 Å². The fraction of sp³-hybridized carbons (Fsp3) is 0.235. The second-order valence-corrected chi connectivity index (χ2v) is 5.89. The lowest BCUT2D eigenvalue weighted by molar-refractivity contribution is 0.220. The van der Waals surface area contributed by atoms with E-state index in [1.54, 1.807) is 44.4 Å². The number of methoxy groups -OCH3 is 2. The van der Waals surface area contributed by atoms with Gasteiger partial charge in [-0.1, -0.05) is 28.1 Å². The van der Waals surface area contributed by atoms with Gasteiger partial charge < -0.3 is 19.7 Å². The third-order valence-corrected chi connectivity index (χ3v) is 3.86. The molecule has 23 heavy (non-hydrogen) atoms. The molecule has 0 heterocycles. The summed E-state index contributed by atoms with van der Waals surface area (Å²) in [5, 5.41) is 2.84. The summed E-state index contributed by atoms with van der Waals surface area (Å²) in [6.45, 7) is 0.511. The van der Waals surface area contributed by atoms with Crippen molar-refractivity contribution in [3.05, 3.63) is 52.5 Å². The van der Waals surface area contributed by atoms with Gasteiger partial charge in [-0.3, -0.25) is 0 Å². The van der Waals surface area contributed by atoms with E-state index in [1.807, 2.05) is 24.3 Å². The highest BCUT2D eigenvalue weighted by molar-refractivity contribution is 9.10. The van der Waals surface area contributed by atoms with Gasteiger partial charge in [0.25, 0.3) is 0 Å². The number of urea groups is 1. The molecule has 2 aromatic rings. The van der Waals surface area contributed by atoms with Crippen LogP contribution >= 0.6 is 15.9 Å². The molecular formula is C17H19BrN2O3. The Labute approximate surface area is 144 Å². The quantitative estimate of drug-likeness (QED) is 0.850. The predicted octanol–water partition coefficient (Wildman–Crippen LogP) is 4.13. The minimum Gasteiger partial charge on any atom is -0.497 e. The van der Waals surface area contributed by atoms with Gasteiger partial charge in [-0.2, -0.15) is 0 Å². The van der Waals surface area contributed by atoms with Crippen molar-refractivity contribution in [2.75, 3.05) is 26.6 Å². The van der Waals surface area contributed by atoms with Crippen molar-refractivity contribution in [3.8, 4) is 11.5 Å². The van der Waals surface area contributed by atoms with Gasteiger partial charge >= 0.3 is 6.03 Å². The number of benzene rings is 2. The standard InChI is InChI=1S/C17H19BrN2O3/c1-20(11-12-4-6-13(18)7-5-12)17(21)19-15-9-8-14(22-2)10-16(15)23-3/h4-10H,11H2,1-3H3,(H,19,21). The maximum Gasteiger partial charge on any atom is 0.321 e. The first kappa shape index (κ1) is 17.1. The number of hydrogen-bond donors (Lipinski definition) is 1. The first-order valence-corrected chi connectivity index (χ1v) is 7.81. The Morgan fingerprint density at radius 2 is 1.83 bits per heavy atom. The van der Waals surface area contributed by atoms with Crippen LogP contribution in [0.4, 0.5) is 10.5 Å². The van der Waals surface area contributed by atoms with Crippen LogP contribution in [-0.2, 0) is 6.54 Å². The molecule has 6 heteroatoms. The van der Waals surface area contributed by atoms with Crippen molar-refractivity contribution in [1.82, 2.24) is 4.90 Å². The van der Waals surface area contributed by atoms with Crippen molar-refractivity contribution in [3.63, 3.8) is 0 Å². The number of carbonyl (C=O) groups is 1. The monoisotopic (exact) mass is 378 g/mol. The normalized spacial score (nSPS) is 10.1. The number of nitrogens with one attached hydrogen (secondary N) is 1. The van der Waals surface area contributed by atoms with E-state index >= 15 is 0 Å². The summed E-state index contributed by atoms with van der Waals surface area (Å²) < 4.78 is 11.4. The highest BCUT2D eigenvalue weighted by Crippen LogP contribution is 2.29. The Morgan fingerprint density at radius 3 is 2.43 bits per heavy atom. The Balaban J connectivity index is 2.04. The molecule has 1 N–H and O–H groups in total. The van der Waals surface area contributed by atoms with E-state index in [9.17, 15) is 4.79 Å². The zero-order valence-electron chi connectivity index (χ0n) is 13.3. The Kier molecular flexibility index (Phi) is 5.87. The van der Waals surface area contributed by atoms with Gasteiger partial charge in [-0.05, 0) is 29.8 Å². The molecule has 2 amide bonds. The van der Waals surface area contributed by atoms with Gasteiger partial charge in [0.15, 0.2) is 0 Å². The molecule has 0 fully saturated rings. The fourth-order valence-corrected chi connectivity index (χ4v) is 2.31. The second kappa shape index (κ2) is 7.87. The van der Waals surface area contributed by atoms with Gasteiger partial charge in [0.05, 0.1) is 19.9 Å². The topological polar surface area (TPSA) is 50.8 Å². The summed E-state index contributed by atoms with van der Waals surface area (Å²) in [7, 11) is 4.88. The van der Waals surface area contributed by atoms with E-state index in [-0.39, 0.29) is 6.03 Å². The molecule has 0 aliphatic carbocycles. The number of amides is 2. The van der Waals surface area contributed by atoms with E-state index in [0.717, 1.165) is 10.0 Å². The van der Waals surface area contributed by atoms with Crippen molar-refractivity contribution < 1.29 is 14.3 Å².